The molecule has 3 rings (SSSR count). The molecule has 34 heavy (non-hydrogen) atoms. The Morgan fingerprint density at radius 1 is 0.941 bits per heavy atom. The molecule has 2 aromatic rings. The number of halogens is 5. The number of aryl methyl sites for hydroxylation is 1. The van der Waals surface area contributed by atoms with E-state index in [0.717, 1.165) is 5.56 Å². The number of ether oxygens (including phenoxy) is 1. The Balaban J connectivity index is 1.81. The van der Waals surface area contributed by atoms with Crippen LogP contribution in [0.1, 0.15) is 40.1 Å². The predicted octanol–water partition coefficient (Wildman–Crippen LogP) is 6.06. The number of rotatable bonds is 6. The highest BCUT2D eigenvalue weighted by Gasteiger charge is 2.48. The van der Waals surface area contributed by atoms with E-state index in [4.69, 9.17) is 62.7 Å². The van der Waals surface area contributed by atoms with Crippen molar-refractivity contribution in [2.75, 3.05) is 11.9 Å². The fourth-order valence-corrected chi connectivity index (χ4v) is 4.62. The van der Waals surface area contributed by atoms with Gasteiger partial charge in [0, 0.05) is 10.7 Å². The summed E-state index contributed by atoms with van der Waals surface area (Å²) in [7, 11) is 0. The zero-order chi connectivity index (χ0) is 25.5. The summed E-state index contributed by atoms with van der Waals surface area (Å²) < 4.78 is 5.14. The van der Waals surface area contributed by atoms with Gasteiger partial charge in [0.05, 0.1) is 31.2 Å². The number of imide groups is 1. The predicted molar refractivity (Wildman–Crippen MR) is 131 cm³/mol. The second-order valence-corrected chi connectivity index (χ2v) is 9.74. The van der Waals surface area contributed by atoms with Crippen LogP contribution in [0.4, 0.5) is 5.69 Å². The van der Waals surface area contributed by atoms with Gasteiger partial charge in [-0.1, -0.05) is 77.9 Å². The average molecular weight is 567 g/mol. The Kier molecular flexibility index (Phi) is 8.05. The number of nitrogens with zero attached hydrogens (tertiary/aromatic N) is 1. The lowest BCUT2D eigenvalue weighted by Crippen LogP contribution is -2.49. The first-order valence-electron chi connectivity index (χ1n) is 9.83. The Bertz CT molecular complexity index is 1180. The van der Waals surface area contributed by atoms with Crippen molar-refractivity contribution in [3.8, 4) is 0 Å². The van der Waals surface area contributed by atoms with E-state index in [0.29, 0.717) is 15.6 Å². The third-order valence-corrected chi connectivity index (χ3v) is 7.14. The zero-order valence-corrected chi connectivity index (χ0v) is 21.8. The molecule has 0 unspecified atom stereocenters. The van der Waals surface area contributed by atoms with Crippen molar-refractivity contribution in [1.29, 1.82) is 0 Å². The minimum atomic E-state index is -1.36. The average Bonchev–Trinajstić information content (AvgIpc) is 3.02. The fraction of sp³-hybridized carbons (Fsp3) is 0.273. The van der Waals surface area contributed by atoms with Gasteiger partial charge in [-0.25, -0.2) is 4.79 Å². The van der Waals surface area contributed by atoms with Crippen LogP contribution in [0.25, 0.3) is 0 Å². The van der Waals surface area contributed by atoms with Gasteiger partial charge in [-0.2, -0.15) is 0 Å². The Morgan fingerprint density at radius 2 is 1.47 bits per heavy atom. The second kappa shape index (κ2) is 10.3. The summed E-state index contributed by atoms with van der Waals surface area (Å²) in [6.07, 6.45) is 0. The first-order chi connectivity index (χ1) is 15.9. The lowest BCUT2D eigenvalue weighted by molar-refractivity contribution is -0.152. The van der Waals surface area contributed by atoms with Crippen molar-refractivity contribution in [1.82, 2.24) is 4.90 Å². The second-order valence-electron chi connectivity index (χ2n) is 7.79. The maximum atomic E-state index is 13.1. The van der Waals surface area contributed by atoms with Crippen LogP contribution in [0, 0.1) is 12.8 Å². The smallest absolute Gasteiger partial charge is 0.330 e. The van der Waals surface area contributed by atoms with E-state index in [2.05, 4.69) is 5.32 Å². The SMILES string of the molecule is Cc1ccc(Cl)cc1NC(=O)COC(=O)[C@@H](C(C)C)N1C(=O)c2c(Cl)c(Cl)c(Cl)c(Cl)c2C1=O. The van der Waals surface area contributed by atoms with Crippen LogP contribution >= 0.6 is 58.0 Å². The van der Waals surface area contributed by atoms with Crippen molar-refractivity contribution in [3.63, 3.8) is 0 Å². The third kappa shape index (κ3) is 4.86. The minimum Gasteiger partial charge on any atom is -0.454 e. The molecule has 3 amide bonds. The number of amides is 3. The van der Waals surface area contributed by atoms with Gasteiger partial charge in [0.25, 0.3) is 17.7 Å². The van der Waals surface area contributed by atoms with Crippen LogP contribution in [0.5, 0.6) is 0 Å². The molecule has 1 atom stereocenters. The minimum absolute atomic E-state index is 0.188. The molecule has 0 saturated carbocycles. The third-order valence-electron chi connectivity index (χ3n) is 5.10. The molecular formula is C22H17Cl5N2O5. The van der Waals surface area contributed by atoms with E-state index >= 15 is 0 Å². The van der Waals surface area contributed by atoms with Gasteiger partial charge in [0.15, 0.2) is 6.61 Å². The van der Waals surface area contributed by atoms with Crippen LogP contribution in [-0.2, 0) is 14.3 Å². The van der Waals surface area contributed by atoms with E-state index in [1.54, 1.807) is 39.0 Å². The Hall–Kier alpha value is -2.03. The molecule has 1 N–H and O–H groups in total. The Morgan fingerprint density at radius 3 is 1.97 bits per heavy atom. The standard InChI is InChI=1S/C22H17Cl5N2O5/c1-8(2)19(22(33)34-7-12(30)28-11-6-10(23)5-4-9(11)3)29-20(31)13-14(21(29)32)16(25)18(27)17(26)15(13)24/h4-6,8,19H,7H2,1-3H3,(H,28,30)/t19-/m1/s1. The monoisotopic (exact) mass is 564 g/mol. The van der Waals surface area contributed by atoms with Gasteiger partial charge in [-0.15, -0.1) is 0 Å². The topological polar surface area (TPSA) is 92.8 Å². The molecule has 12 heteroatoms. The first kappa shape index (κ1) is 26.6. The molecule has 180 valence electrons. The van der Waals surface area contributed by atoms with Crippen molar-refractivity contribution in [2.24, 2.45) is 5.92 Å². The number of fused-ring (bicyclic) bond motifs is 1. The number of esters is 1. The van der Waals surface area contributed by atoms with Crippen LogP contribution in [0.15, 0.2) is 18.2 Å². The number of carbonyl (C=O) groups excluding carboxylic acids is 4. The van der Waals surface area contributed by atoms with E-state index in [1.165, 1.54) is 0 Å². The summed E-state index contributed by atoms with van der Waals surface area (Å²) in [6, 6.07) is 3.57. The molecule has 0 spiro atoms. The molecule has 1 aliphatic rings. The summed E-state index contributed by atoms with van der Waals surface area (Å²) in [5.74, 6) is -3.92. The van der Waals surface area contributed by atoms with Crippen molar-refractivity contribution >= 4 is 87.4 Å². The number of carbonyl (C=O) groups is 4. The molecule has 0 fully saturated rings. The molecule has 0 aromatic heterocycles. The highest BCUT2D eigenvalue weighted by Crippen LogP contribution is 2.45. The van der Waals surface area contributed by atoms with Crippen LogP contribution in [0.2, 0.25) is 25.1 Å². The maximum absolute atomic E-state index is 13.1. The number of benzene rings is 2. The van der Waals surface area contributed by atoms with Gasteiger partial charge in [-0.3, -0.25) is 19.3 Å². The largest absolute Gasteiger partial charge is 0.454 e. The van der Waals surface area contributed by atoms with Crippen molar-refractivity contribution in [3.05, 3.63) is 60.0 Å². The highest BCUT2D eigenvalue weighted by molar-refractivity contribution is 6.55. The van der Waals surface area contributed by atoms with Gasteiger partial charge in [0.2, 0.25) is 0 Å². The zero-order valence-electron chi connectivity index (χ0n) is 18.0. The molecule has 0 radical (unpaired) electrons. The number of hydrogen-bond acceptors (Lipinski definition) is 5. The summed E-state index contributed by atoms with van der Waals surface area (Å²) in [4.78, 5) is 52.1. The molecule has 2 aromatic carbocycles. The number of hydrogen-bond donors (Lipinski definition) is 1. The van der Waals surface area contributed by atoms with Gasteiger partial charge in [0.1, 0.15) is 6.04 Å². The lowest BCUT2D eigenvalue weighted by atomic mass is 10.0. The summed E-state index contributed by atoms with van der Waals surface area (Å²) in [5.41, 5.74) is 0.700. The molecule has 0 saturated heterocycles. The number of anilines is 1. The first-order valence-corrected chi connectivity index (χ1v) is 11.7. The van der Waals surface area contributed by atoms with Crippen molar-refractivity contribution < 1.29 is 23.9 Å². The van der Waals surface area contributed by atoms with E-state index in [9.17, 15) is 19.2 Å². The summed E-state index contributed by atoms with van der Waals surface area (Å²) in [6.45, 7) is 4.32. The normalized spacial score (nSPS) is 13.9. The summed E-state index contributed by atoms with van der Waals surface area (Å²) in [5, 5.41) is 2.13. The quantitative estimate of drug-likeness (QED) is 0.199. The molecular weight excluding hydrogens is 550 g/mol. The van der Waals surface area contributed by atoms with Crippen LogP contribution < -0.4 is 5.32 Å². The highest BCUT2D eigenvalue weighted by atomic mass is 35.5. The van der Waals surface area contributed by atoms with E-state index < -0.39 is 42.3 Å². The van der Waals surface area contributed by atoms with Crippen LogP contribution in [0.3, 0.4) is 0 Å². The van der Waals surface area contributed by atoms with Crippen molar-refractivity contribution in [2.45, 2.75) is 26.8 Å². The fourth-order valence-electron chi connectivity index (χ4n) is 3.43. The maximum Gasteiger partial charge on any atom is 0.330 e. The molecule has 0 bridgehead atoms. The molecule has 0 aliphatic carbocycles. The lowest BCUT2D eigenvalue weighted by Gasteiger charge is -2.27. The van der Waals surface area contributed by atoms with Gasteiger partial charge >= 0.3 is 5.97 Å². The van der Waals surface area contributed by atoms with Gasteiger partial charge < -0.3 is 10.1 Å². The summed E-state index contributed by atoms with van der Waals surface area (Å²) >= 11 is 30.3. The van der Waals surface area contributed by atoms with Crippen LogP contribution in [-0.4, -0.2) is 41.2 Å². The van der Waals surface area contributed by atoms with E-state index in [1.807, 2.05) is 0 Å². The van der Waals surface area contributed by atoms with Gasteiger partial charge in [-0.05, 0) is 30.5 Å². The number of nitrogens with one attached hydrogen (secondary N) is 1. The van der Waals surface area contributed by atoms with E-state index in [-0.39, 0.29) is 31.2 Å². The molecule has 1 heterocycles. The molecule has 7 nitrogen and oxygen atoms in total. The molecule has 1 aliphatic heterocycles. The Labute approximate surface area is 220 Å².